The Kier molecular flexibility index (Phi) is 5.35. The summed E-state index contributed by atoms with van der Waals surface area (Å²) in [4.78, 5) is 21.3. The van der Waals surface area contributed by atoms with Gasteiger partial charge in [0.2, 0.25) is 0 Å². The van der Waals surface area contributed by atoms with Gasteiger partial charge in [0.15, 0.2) is 0 Å². The van der Waals surface area contributed by atoms with Crippen LogP contribution in [0.1, 0.15) is 27.4 Å². The first kappa shape index (κ1) is 18.4. The molecule has 6 heteroatoms. The number of methoxy groups -OCH3 is 1. The van der Waals surface area contributed by atoms with Crippen LogP contribution >= 0.6 is 0 Å². The van der Waals surface area contributed by atoms with Crippen LogP contribution in [0.2, 0.25) is 0 Å². The molecule has 3 aromatic rings. The molecule has 0 bridgehead atoms. The van der Waals surface area contributed by atoms with Crippen LogP contribution in [0.4, 0.5) is 17.2 Å². The van der Waals surface area contributed by atoms with Crippen LogP contribution in [-0.4, -0.2) is 23.0 Å². The number of hydrogen-bond donors (Lipinski definition) is 2. The van der Waals surface area contributed by atoms with Crippen molar-refractivity contribution in [3.8, 4) is 5.75 Å². The topological polar surface area (TPSA) is 76.1 Å². The van der Waals surface area contributed by atoms with Gasteiger partial charge in [-0.2, -0.15) is 0 Å². The van der Waals surface area contributed by atoms with Crippen LogP contribution in [-0.2, 0) is 0 Å². The minimum atomic E-state index is -0.323. The maximum Gasteiger partial charge on any atom is 0.274 e. The van der Waals surface area contributed by atoms with E-state index in [1.807, 2.05) is 56.3 Å². The van der Waals surface area contributed by atoms with Crippen LogP contribution in [0, 0.1) is 20.8 Å². The van der Waals surface area contributed by atoms with E-state index in [0.717, 1.165) is 11.3 Å². The van der Waals surface area contributed by atoms with Gasteiger partial charge in [-0.25, -0.2) is 9.97 Å². The van der Waals surface area contributed by atoms with E-state index in [4.69, 9.17) is 4.74 Å². The van der Waals surface area contributed by atoms with E-state index >= 15 is 0 Å². The summed E-state index contributed by atoms with van der Waals surface area (Å²) in [6.45, 7) is 5.73. The van der Waals surface area contributed by atoms with Crippen LogP contribution in [0.3, 0.4) is 0 Å². The smallest absolute Gasteiger partial charge is 0.274 e. The molecule has 0 fully saturated rings. The van der Waals surface area contributed by atoms with Crippen molar-refractivity contribution in [2.75, 3.05) is 17.7 Å². The van der Waals surface area contributed by atoms with Crippen molar-refractivity contribution in [1.82, 2.24) is 9.97 Å². The quantitative estimate of drug-likeness (QED) is 0.703. The van der Waals surface area contributed by atoms with Gasteiger partial charge in [-0.3, -0.25) is 4.79 Å². The Morgan fingerprint density at radius 2 is 1.63 bits per heavy atom. The number of nitrogens with one attached hydrogen (secondary N) is 2. The van der Waals surface area contributed by atoms with Crippen molar-refractivity contribution in [2.24, 2.45) is 0 Å². The van der Waals surface area contributed by atoms with Crippen molar-refractivity contribution >= 4 is 23.1 Å². The Morgan fingerprint density at radius 3 is 2.33 bits per heavy atom. The van der Waals surface area contributed by atoms with Crippen molar-refractivity contribution < 1.29 is 9.53 Å². The molecule has 3 rings (SSSR count). The molecule has 0 atom stereocenters. The minimum Gasteiger partial charge on any atom is -0.495 e. The van der Waals surface area contributed by atoms with E-state index in [0.29, 0.717) is 23.1 Å². The fourth-order valence-electron chi connectivity index (χ4n) is 2.64. The normalized spacial score (nSPS) is 10.4. The lowest BCUT2D eigenvalue weighted by Gasteiger charge is -2.12. The summed E-state index contributed by atoms with van der Waals surface area (Å²) in [6, 6.07) is 15.2. The number of anilines is 3. The average molecular weight is 362 g/mol. The number of carbonyl (C=O) groups excluding carboxylic acids is 1. The third-order valence-electron chi connectivity index (χ3n) is 4.00. The number of carbonyl (C=O) groups is 1. The second-order valence-electron chi connectivity index (χ2n) is 6.33. The molecule has 1 heterocycles. The summed E-state index contributed by atoms with van der Waals surface area (Å²) in [5.74, 6) is 1.34. The van der Waals surface area contributed by atoms with E-state index in [1.54, 1.807) is 20.1 Å². The van der Waals surface area contributed by atoms with Gasteiger partial charge in [-0.1, -0.05) is 23.8 Å². The molecule has 0 aliphatic heterocycles. The summed E-state index contributed by atoms with van der Waals surface area (Å²) in [6.07, 6.45) is 0. The predicted octanol–water partition coefficient (Wildman–Crippen LogP) is 4.41. The summed E-state index contributed by atoms with van der Waals surface area (Å²) in [5.41, 5.74) is 3.97. The monoisotopic (exact) mass is 362 g/mol. The number of amides is 1. The molecule has 1 aromatic heterocycles. The van der Waals surface area contributed by atoms with Gasteiger partial charge in [0.05, 0.1) is 12.8 Å². The predicted molar refractivity (Wildman–Crippen MR) is 107 cm³/mol. The van der Waals surface area contributed by atoms with Crippen molar-refractivity contribution in [1.29, 1.82) is 0 Å². The van der Waals surface area contributed by atoms with E-state index in [1.165, 1.54) is 5.56 Å². The van der Waals surface area contributed by atoms with Gasteiger partial charge in [-0.05, 0) is 50.6 Å². The van der Waals surface area contributed by atoms with Crippen LogP contribution < -0.4 is 15.4 Å². The van der Waals surface area contributed by atoms with Crippen LogP contribution in [0.5, 0.6) is 5.75 Å². The van der Waals surface area contributed by atoms with E-state index in [2.05, 4.69) is 20.6 Å². The second kappa shape index (κ2) is 7.86. The molecule has 0 spiro atoms. The number of aromatic nitrogens is 2. The highest BCUT2D eigenvalue weighted by Crippen LogP contribution is 2.26. The maximum atomic E-state index is 12.7. The Labute approximate surface area is 158 Å². The maximum absolute atomic E-state index is 12.7. The fourth-order valence-corrected chi connectivity index (χ4v) is 2.64. The summed E-state index contributed by atoms with van der Waals surface area (Å²) >= 11 is 0. The van der Waals surface area contributed by atoms with Gasteiger partial charge in [-0.15, -0.1) is 0 Å². The first-order chi connectivity index (χ1) is 12.9. The van der Waals surface area contributed by atoms with E-state index < -0.39 is 0 Å². The van der Waals surface area contributed by atoms with E-state index in [9.17, 15) is 4.79 Å². The van der Waals surface area contributed by atoms with Gasteiger partial charge >= 0.3 is 0 Å². The Bertz CT molecular complexity index is 968. The summed E-state index contributed by atoms with van der Waals surface area (Å²) in [5, 5.41) is 6.07. The largest absolute Gasteiger partial charge is 0.495 e. The summed E-state index contributed by atoms with van der Waals surface area (Å²) in [7, 11) is 1.57. The molecule has 0 saturated heterocycles. The van der Waals surface area contributed by atoms with Crippen molar-refractivity contribution in [3.05, 3.63) is 71.2 Å². The molecule has 2 aromatic carbocycles. The molecule has 138 valence electrons. The highest BCUT2D eigenvalue weighted by atomic mass is 16.5. The second-order valence-corrected chi connectivity index (χ2v) is 6.33. The molecule has 6 nitrogen and oxygen atoms in total. The highest BCUT2D eigenvalue weighted by Gasteiger charge is 2.13. The zero-order valence-corrected chi connectivity index (χ0v) is 15.8. The zero-order valence-electron chi connectivity index (χ0n) is 15.8. The lowest BCUT2D eigenvalue weighted by atomic mass is 10.2. The number of rotatable bonds is 5. The van der Waals surface area contributed by atoms with Crippen molar-refractivity contribution in [2.45, 2.75) is 20.8 Å². The molecule has 0 aliphatic rings. The summed E-state index contributed by atoms with van der Waals surface area (Å²) < 4.78 is 5.31. The molecule has 2 N–H and O–H groups in total. The molecule has 27 heavy (non-hydrogen) atoms. The molecular weight excluding hydrogens is 340 g/mol. The third kappa shape index (κ3) is 4.61. The number of hydrogen-bond acceptors (Lipinski definition) is 5. The SMILES string of the molecule is COc1ccc(C)cc1NC(=O)c1cc(Nc2ccc(C)cc2)nc(C)n1. The number of ether oxygens (including phenoxy) is 1. The molecular formula is C21H22N4O2. The third-order valence-corrected chi connectivity index (χ3v) is 4.00. The lowest BCUT2D eigenvalue weighted by Crippen LogP contribution is -2.16. The standard InChI is InChI=1S/C21H22N4O2/c1-13-5-8-16(9-6-13)24-20-12-18(22-15(3)23-20)21(26)25-17-11-14(2)7-10-19(17)27-4/h5-12H,1-4H3,(H,25,26)(H,22,23,24). The molecule has 0 unspecified atom stereocenters. The van der Waals surface area contributed by atoms with Gasteiger partial charge in [0.1, 0.15) is 23.1 Å². The first-order valence-electron chi connectivity index (χ1n) is 8.60. The lowest BCUT2D eigenvalue weighted by molar-refractivity contribution is 0.102. The Morgan fingerprint density at radius 1 is 0.926 bits per heavy atom. The van der Waals surface area contributed by atoms with Gasteiger partial charge in [0.25, 0.3) is 5.91 Å². The molecule has 0 saturated carbocycles. The molecule has 1 amide bonds. The number of nitrogens with zero attached hydrogens (tertiary/aromatic N) is 2. The highest BCUT2D eigenvalue weighted by molar-refractivity contribution is 6.04. The van der Waals surface area contributed by atoms with Crippen molar-refractivity contribution in [3.63, 3.8) is 0 Å². The minimum absolute atomic E-state index is 0.278. The first-order valence-corrected chi connectivity index (χ1v) is 8.60. The van der Waals surface area contributed by atoms with Crippen LogP contribution in [0.25, 0.3) is 0 Å². The van der Waals surface area contributed by atoms with E-state index in [-0.39, 0.29) is 11.6 Å². The zero-order chi connectivity index (χ0) is 19.4. The van der Waals surface area contributed by atoms with Gasteiger partial charge in [0, 0.05) is 11.8 Å². The average Bonchev–Trinajstić information content (AvgIpc) is 2.63. The fraction of sp³-hybridized carbons (Fsp3) is 0.190. The van der Waals surface area contributed by atoms with Gasteiger partial charge < -0.3 is 15.4 Å². The molecule has 0 radical (unpaired) electrons. The van der Waals surface area contributed by atoms with Crippen LogP contribution in [0.15, 0.2) is 48.5 Å². The number of benzene rings is 2. The number of aryl methyl sites for hydroxylation is 3. The Hall–Kier alpha value is -3.41. The molecule has 0 aliphatic carbocycles. The Balaban J connectivity index is 1.84.